The fourth-order valence-corrected chi connectivity index (χ4v) is 1.13. The molecule has 16 heavy (non-hydrogen) atoms. The number of amides is 1. The largest absolute Gasteiger partial charge is 0.444 e. The summed E-state index contributed by atoms with van der Waals surface area (Å²) in [6.07, 6.45) is 1.16. The van der Waals surface area contributed by atoms with Crippen LogP contribution in [-0.4, -0.2) is 34.7 Å². The molecule has 0 saturated heterocycles. The van der Waals surface area contributed by atoms with Crippen molar-refractivity contribution in [3.8, 4) is 0 Å². The molecule has 0 fully saturated rings. The van der Waals surface area contributed by atoms with E-state index in [1.54, 1.807) is 0 Å². The van der Waals surface area contributed by atoms with Crippen LogP contribution in [0.4, 0.5) is 4.79 Å². The maximum Gasteiger partial charge on any atom is 0.407 e. The Kier molecular flexibility index (Phi) is 7.08. The first-order chi connectivity index (χ1) is 7.31. The van der Waals surface area contributed by atoms with Crippen LogP contribution in [-0.2, 0) is 4.74 Å². The van der Waals surface area contributed by atoms with E-state index < -0.39 is 18.0 Å². The van der Waals surface area contributed by atoms with Crippen LogP contribution in [0.15, 0.2) is 0 Å². The number of alkyl carbamates (subject to hydrolysis) is 1. The molecule has 5 nitrogen and oxygen atoms in total. The van der Waals surface area contributed by atoms with Gasteiger partial charge >= 0.3 is 6.09 Å². The summed E-state index contributed by atoms with van der Waals surface area (Å²) >= 11 is 0. The molecule has 0 aliphatic heterocycles. The van der Waals surface area contributed by atoms with Gasteiger partial charge in [0.25, 0.3) is 0 Å². The third kappa shape index (κ3) is 11.3. The molecule has 0 aromatic rings. The molecule has 0 aliphatic carbocycles. The number of hydrogen-bond acceptors (Lipinski definition) is 4. The lowest BCUT2D eigenvalue weighted by Gasteiger charge is -2.19. The SMILES string of the molecule is CC(C)(C)OC(=O)NCCCCCC(O)O. The van der Waals surface area contributed by atoms with Crippen LogP contribution in [0, 0.1) is 0 Å². The number of unbranched alkanes of at least 4 members (excludes halogenated alkanes) is 2. The normalized spacial score (nSPS) is 11.6. The number of carbonyl (C=O) groups is 1. The molecule has 0 unspecified atom stereocenters. The molecule has 0 saturated carbocycles. The molecular weight excluding hydrogens is 210 g/mol. The maximum atomic E-state index is 11.2. The summed E-state index contributed by atoms with van der Waals surface area (Å²) in [6, 6.07) is 0. The number of hydrogen-bond donors (Lipinski definition) is 3. The minimum atomic E-state index is -1.22. The summed E-state index contributed by atoms with van der Waals surface area (Å²) in [6.45, 7) is 6.00. The second-order valence-corrected chi connectivity index (χ2v) is 4.76. The van der Waals surface area contributed by atoms with Crippen molar-refractivity contribution in [2.45, 2.75) is 58.3 Å². The van der Waals surface area contributed by atoms with Gasteiger partial charge in [-0.15, -0.1) is 0 Å². The number of carbonyl (C=O) groups excluding carboxylic acids is 1. The molecular formula is C11H23NO4. The van der Waals surface area contributed by atoms with Gasteiger partial charge in [0.15, 0.2) is 6.29 Å². The quantitative estimate of drug-likeness (QED) is 0.478. The van der Waals surface area contributed by atoms with E-state index in [1.165, 1.54) is 0 Å². The number of rotatable bonds is 6. The van der Waals surface area contributed by atoms with Gasteiger partial charge in [0.1, 0.15) is 5.60 Å². The second-order valence-electron chi connectivity index (χ2n) is 4.76. The monoisotopic (exact) mass is 233 g/mol. The minimum absolute atomic E-state index is 0.381. The van der Waals surface area contributed by atoms with Gasteiger partial charge in [-0.2, -0.15) is 0 Å². The zero-order valence-corrected chi connectivity index (χ0v) is 10.3. The van der Waals surface area contributed by atoms with Gasteiger partial charge in [0.2, 0.25) is 0 Å². The number of nitrogens with one attached hydrogen (secondary N) is 1. The Morgan fingerprint density at radius 2 is 1.88 bits per heavy atom. The molecule has 0 aromatic heterocycles. The number of ether oxygens (including phenoxy) is 1. The predicted octanol–water partition coefficient (Wildman–Crippen LogP) is 1.38. The van der Waals surface area contributed by atoms with E-state index in [0.717, 1.165) is 19.3 Å². The minimum Gasteiger partial charge on any atom is -0.444 e. The zero-order valence-electron chi connectivity index (χ0n) is 10.3. The highest BCUT2D eigenvalue weighted by molar-refractivity contribution is 5.67. The van der Waals surface area contributed by atoms with E-state index in [-0.39, 0.29) is 0 Å². The summed E-state index contributed by atoms with van der Waals surface area (Å²) in [7, 11) is 0. The van der Waals surface area contributed by atoms with Crippen molar-refractivity contribution in [2.24, 2.45) is 0 Å². The molecule has 3 N–H and O–H groups in total. The van der Waals surface area contributed by atoms with Crippen LogP contribution in [0.1, 0.15) is 46.5 Å². The van der Waals surface area contributed by atoms with Gasteiger partial charge in [-0.1, -0.05) is 6.42 Å². The van der Waals surface area contributed by atoms with Gasteiger partial charge < -0.3 is 20.3 Å². The van der Waals surface area contributed by atoms with Crippen LogP contribution in [0.2, 0.25) is 0 Å². The van der Waals surface area contributed by atoms with Crippen LogP contribution in [0.3, 0.4) is 0 Å². The third-order valence-electron chi connectivity index (χ3n) is 1.81. The van der Waals surface area contributed by atoms with Gasteiger partial charge in [-0.3, -0.25) is 0 Å². The van der Waals surface area contributed by atoms with E-state index >= 15 is 0 Å². The van der Waals surface area contributed by atoms with E-state index in [2.05, 4.69) is 5.32 Å². The third-order valence-corrected chi connectivity index (χ3v) is 1.81. The Morgan fingerprint density at radius 1 is 1.25 bits per heavy atom. The molecule has 0 aromatic carbocycles. The van der Waals surface area contributed by atoms with Crippen molar-refractivity contribution in [2.75, 3.05) is 6.54 Å². The Labute approximate surface area is 96.8 Å². The number of aliphatic hydroxyl groups excluding tert-OH is 1. The van der Waals surface area contributed by atoms with Gasteiger partial charge in [0, 0.05) is 6.54 Å². The van der Waals surface area contributed by atoms with E-state index in [1.807, 2.05) is 20.8 Å². The predicted molar refractivity (Wildman–Crippen MR) is 60.9 cm³/mol. The summed E-state index contributed by atoms with van der Waals surface area (Å²) in [5.41, 5.74) is -0.467. The van der Waals surface area contributed by atoms with Crippen molar-refractivity contribution < 1.29 is 19.7 Å². The van der Waals surface area contributed by atoms with E-state index in [9.17, 15) is 4.79 Å². The molecule has 0 heterocycles. The Morgan fingerprint density at radius 3 is 2.38 bits per heavy atom. The highest BCUT2D eigenvalue weighted by Gasteiger charge is 2.15. The molecule has 0 rings (SSSR count). The lowest BCUT2D eigenvalue weighted by molar-refractivity contribution is -0.0466. The van der Waals surface area contributed by atoms with Crippen molar-refractivity contribution >= 4 is 6.09 Å². The number of aliphatic hydroxyl groups is 2. The molecule has 0 spiro atoms. The van der Waals surface area contributed by atoms with Crippen LogP contribution in [0.5, 0.6) is 0 Å². The first kappa shape index (κ1) is 15.2. The molecule has 96 valence electrons. The second kappa shape index (κ2) is 7.46. The Bertz CT molecular complexity index is 199. The highest BCUT2D eigenvalue weighted by atomic mass is 16.6. The van der Waals surface area contributed by atoms with Crippen molar-refractivity contribution in [3.05, 3.63) is 0 Å². The van der Waals surface area contributed by atoms with Crippen LogP contribution in [0.25, 0.3) is 0 Å². The van der Waals surface area contributed by atoms with E-state index in [0.29, 0.717) is 13.0 Å². The summed E-state index contributed by atoms with van der Waals surface area (Å²) in [4.78, 5) is 11.2. The Balaban J connectivity index is 3.35. The fraction of sp³-hybridized carbons (Fsp3) is 0.909. The summed E-state index contributed by atoms with van der Waals surface area (Å²) in [5, 5.41) is 19.8. The molecule has 0 aliphatic rings. The molecule has 5 heteroatoms. The maximum absolute atomic E-state index is 11.2. The molecule has 0 bridgehead atoms. The van der Waals surface area contributed by atoms with Gasteiger partial charge in [0.05, 0.1) is 0 Å². The average Bonchev–Trinajstić information content (AvgIpc) is 2.07. The molecule has 0 atom stereocenters. The van der Waals surface area contributed by atoms with E-state index in [4.69, 9.17) is 14.9 Å². The zero-order chi connectivity index (χ0) is 12.6. The standard InChI is InChI=1S/C11H23NO4/c1-11(2,3)16-10(15)12-8-6-4-5-7-9(13)14/h9,13-14H,4-8H2,1-3H3,(H,12,15). The summed E-state index contributed by atoms with van der Waals surface area (Å²) < 4.78 is 5.05. The van der Waals surface area contributed by atoms with Crippen molar-refractivity contribution in [1.82, 2.24) is 5.32 Å². The first-order valence-corrected chi connectivity index (χ1v) is 5.64. The topological polar surface area (TPSA) is 78.8 Å². The van der Waals surface area contributed by atoms with Crippen LogP contribution >= 0.6 is 0 Å². The fourth-order valence-electron chi connectivity index (χ4n) is 1.13. The van der Waals surface area contributed by atoms with Gasteiger partial charge in [-0.25, -0.2) is 4.79 Å². The average molecular weight is 233 g/mol. The Hall–Kier alpha value is -0.810. The lowest BCUT2D eigenvalue weighted by atomic mass is 10.2. The van der Waals surface area contributed by atoms with Crippen molar-refractivity contribution in [1.29, 1.82) is 0 Å². The lowest BCUT2D eigenvalue weighted by Crippen LogP contribution is -2.33. The smallest absolute Gasteiger partial charge is 0.407 e. The molecule has 0 radical (unpaired) electrons. The van der Waals surface area contributed by atoms with Crippen LogP contribution < -0.4 is 5.32 Å². The van der Waals surface area contributed by atoms with Gasteiger partial charge in [-0.05, 0) is 40.0 Å². The highest BCUT2D eigenvalue weighted by Crippen LogP contribution is 2.06. The molecule has 1 amide bonds. The van der Waals surface area contributed by atoms with Crippen molar-refractivity contribution in [3.63, 3.8) is 0 Å². The summed E-state index contributed by atoms with van der Waals surface area (Å²) in [5.74, 6) is 0. The first-order valence-electron chi connectivity index (χ1n) is 5.64.